The van der Waals surface area contributed by atoms with Crippen molar-refractivity contribution in [2.24, 2.45) is 0 Å². The van der Waals surface area contributed by atoms with Crippen LogP contribution in [0.2, 0.25) is 0 Å². The first kappa shape index (κ1) is 13.9. The van der Waals surface area contributed by atoms with E-state index in [1.54, 1.807) is 19.1 Å². The summed E-state index contributed by atoms with van der Waals surface area (Å²) in [6.07, 6.45) is 0. The Morgan fingerprint density at radius 1 is 1.00 bits per heavy atom. The molecule has 0 amide bonds. The van der Waals surface area contributed by atoms with Crippen LogP contribution in [0.25, 0.3) is 0 Å². The Morgan fingerprint density at radius 2 is 1.63 bits per heavy atom. The van der Waals surface area contributed by atoms with Gasteiger partial charge in [-0.3, -0.25) is 0 Å². The van der Waals surface area contributed by atoms with Crippen molar-refractivity contribution in [3.05, 3.63) is 63.9 Å². The van der Waals surface area contributed by atoms with E-state index in [4.69, 9.17) is 0 Å². The van der Waals surface area contributed by atoms with Crippen molar-refractivity contribution < 1.29 is 13.2 Å². The molecule has 0 bridgehead atoms. The summed E-state index contributed by atoms with van der Waals surface area (Å²) >= 11 is 3.16. The average Bonchev–Trinajstić information content (AvgIpc) is 2.33. The molecular weight excluding hydrogens is 319 g/mol. The smallest absolute Gasteiger partial charge is 0.149 e. The van der Waals surface area contributed by atoms with Gasteiger partial charge in [0.1, 0.15) is 23.1 Å². The Balaban J connectivity index is 2.28. The van der Waals surface area contributed by atoms with E-state index in [2.05, 4.69) is 21.2 Å². The molecule has 5 heteroatoms. The second-order valence-corrected chi connectivity index (χ2v) is 5.04. The number of hydrogen-bond donors (Lipinski definition) is 1. The molecule has 0 saturated heterocycles. The summed E-state index contributed by atoms with van der Waals surface area (Å²) < 4.78 is 41.3. The van der Waals surface area contributed by atoms with Gasteiger partial charge in [0.05, 0.1) is 6.04 Å². The Kier molecular flexibility index (Phi) is 4.14. The Hall–Kier alpha value is -1.49. The molecule has 1 nitrogen and oxygen atoms in total. The van der Waals surface area contributed by atoms with Crippen molar-refractivity contribution in [2.45, 2.75) is 13.0 Å². The van der Waals surface area contributed by atoms with E-state index in [1.807, 2.05) is 0 Å². The standard InChI is InChI=1S/C14H11BrF3N/c1-8(10-6-5-9(15)7-13(10)18)19-14-11(16)3-2-4-12(14)17/h2-8,19H,1H3. The van der Waals surface area contributed by atoms with E-state index in [1.165, 1.54) is 12.1 Å². The Morgan fingerprint density at radius 3 is 2.21 bits per heavy atom. The van der Waals surface area contributed by atoms with Crippen molar-refractivity contribution in [1.82, 2.24) is 0 Å². The third kappa shape index (κ3) is 3.10. The van der Waals surface area contributed by atoms with Gasteiger partial charge in [0.25, 0.3) is 0 Å². The van der Waals surface area contributed by atoms with Crippen molar-refractivity contribution in [1.29, 1.82) is 0 Å². The van der Waals surface area contributed by atoms with E-state index in [9.17, 15) is 13.2 Å². The highest BCUT2D eigenvalue weighted by Crippen LogP contribution is 2.27. The second kappa shape index (κ2) is 5.65. The molecule has 0 spiro atoms. The van der Waals surface area contributed by atoms with E-state index in [0.717, 1.165) is 12.1 Å². The fraction of sp³-hybridized carbons (Fsp3) is 0.143. The predicted octanol–water partition coefficient (Wildman–Crippen LogP) is 5.04. The molecule has 0 radical (unpaired) electrons. The van der Waals surface area contributed by atoms with Gasteiger partial charge in [0.15, 0.2) is 0 Å². The molecular formula is C14H11BrF3N. The molecule has 1 atom stereocenters. The van der Waals surface area contributed by atoms with Gasteiger partial charge in [0.2, 0.25) is 0 Å². The van der Waals surface area contributed by atoms with Gasteiger partial charge < -0.3 is 5.32 Å². The van der Waals surface area contributed by atoms with Crippen LogP contribution in [-0.4, -0.2) is 0 Å². The maximum atomic E-state index is 13.7. The van der Waals surface area contributed by atoms with Crippen molar-refractivity contribution in [3.63, 3.8) is 0 Å². The lowest BCUT2D eigenvalue weighted by Gasteiger charge is -2.17. The van der Waals surface area contributed by atoms with Crippen LogP contribution in [0.4, 0.5) is 18.9 Å². The number of hydrogen-bond acceptors (Lipinski definition) is 1. The average molecular weight is 330 g/mol. The largest absolute Gasteiger partial charge is 0.374 e. The molecule has 2 aromatic carbocycles. The minimum Gasteiger partial charge on any atom is -0.374 e. The van der Waals surface area contributed by atoms with Gasteiger partial charge in [-0.05, 0) is 31.2 Å². The number of nitrogens with one attached hydrogen (secondary N) is 1. The van der Waals surface area contributed by atoms with Crippen molar-refractivity contribution in [2.75, 3.05) is 5.32 Å². The molecule has 0 aliphatic carbocycles. The number of benzene rings is 2. The highest BCUT2D eigenvalue weighted by Gasteiger charge is 2.15. The lowest BCUT2D eigenvalue weighted by atomic mass is 10.1. The summed E-state index contributed by atoms with van der Waals surface area (Å²) in [6.45, 7) is 1.64. The summed E-state index contributed by atoms with van der Waals surface area (Å²) in [5, 5.41) is 2.65. The van der Waals surface area contributed by atoms with E-state index in [-0.39, 0.29) is 5.69 Å². The maximum Gasteiger partial charge on any atom is 0.149 e. The summed E-state index contributed by atoms with van der Waals surface area (Å²) in [4.78, 5) is 0. The van der Waals surface area contributed by atoms with Crippen molar-refractivity contribution >= 4 is 21.6 Å². The molecule has 2 rings (SSSR count). The minimum absolute atomic E-state index is 0.252. The Bertz CT molecular complexity index is 581. The molecule has 100 valence electrons. The first-order valence-corrected chi connectivity index (χ1v) is 6.44. The molecule has 0 heterocycles. The topological polar surface area (TPSA) is 12.0 Å². The zero-order chi connectivity index (χ0) is 14.0. The minimum atomic E-state index is -0.704. The third-order valence-corrected chi connectivity index (χ3v) is 3.25. The first-order chi connectivity index (χ1) is 8.99. The zero-order valence-corrected chi connectivity index (χ0v) is 11.6. The van der Waals surface area contributed by atoms with Gasteiger partial charge in [-0.1, -0.05) is 28.1 Å². The fourth-order valence-electron chi connectivity index (χ4n) is 1.78. The maximum absolute atomic E-state index is 13.7. The normalized spacial score (nSPS) is 12.3. The van der Waals surface area contributed by atoms with Crippen molar-refractivity contribution in [3.8, 4) is 0 Å². The van der Waals surface area contributed by atoms with Gasteiger partial charge in [-0.25, -0.2) is 13.2 Å². The molecule has 0 fully saturated rings. The molecule has 0 saturated carbocycles. The lowest BCUT2D eigenvalue weighted by molar-refractivity contribution is 0.576. The monoisotopic (exact) mass is 329 g/mol. The highest BCUT2D eigenvalue weighted by molar-refractivity contribution is 9.10. The third-order valence-electron chi connectivity index (χ3n) is 2.75. The number of rotatable bonds is 3. The van der Waals surface area contributed by atoms with Crippen LogP contribution in [0, 0.1) is 17.5 Å². The lowest BCUT2D eigenvalue weighted by Crippen LogP contribution is -2.11. The van der Waals surface area contributed by atoms with Crippen LogP contribution < -0.4 is 5.32 Å². The number of anilines is 1. The number of halogens is 4. The van der Waals surface area contributed by atoms with Gasteiger partial charge in [0, 0.05) is 10.0 Å². The van der Waals surface area contributed by atoms with Crippen LogP contribution in [0.1, 0.15) is 18.5 Å². The molecule has 0 aromatic heterocycles. The van der Waals surface area contributed by atoms with E-state index < -0.39 is 23.5 Å². The van der Waals surface area contributed by atoms with Crippen LogP contribution in [-0.2, 0) is 0 Å². The quantitative estimate of drug-likeness (QED) is 0.831. The van der Waals surface area contributed by atoms with Gasteiger partial charge >= 0.3 is 0 Å². The molecule has 0 aliphatic heterocycles. The van der Waals surface area contributed by atoms with Gasteiger partial charge in [-0.2, -0.15) is 0 Å². The number of para-hydroxylation sites is 1. The van der Waals surface area contributed by atoms with E-state index in [0.29, 0.717) is 10.0 Å². The van der Waals surface area contributed by atoms with Gasteiger partial charge in [-0.15, -0.1) is 0 Å². The first-order valence-electron chi connectivity index (χ1n) is 5.64. The summed E-state index contributed by atoms with van der Waals surface area (Å²) in [7, 11) is 0. The summed E-state index contributed by atoms with van der Waals surface area (Å²) in [5.41, 5.74) is 0.0863. The summed E-state index contributed by atoms with van der Waals surface area (Å²) in [5.74, 6) is -1.85. The van der Waals surface area contributed by atoms with Crippen LogP contribution in [0.15, 0.2) is 40.9 Å². The highest BCUT2D eigenvalue weighted by atomic mass is 79.9. The Labute approximate surface area is 117 Å². The molecule has 1 N–H and O–H groups in total. The van der Waals surface area contributed by atoms with Crippen LogP contribution >= 0.6 is 15.9 Å². The predicted molar refractivity (Wildman–Crippen MR) is 72.5 cm³/mol. The molecule has 19 heavy (non-hydrogen) atoms. The van der Waals surface area contributed by atoms with Crippen LogP contribution in [0.5, 0.6) is 0 Å². The van der Waals surface area contributed by atoms with E-state index >= 15 is 0 Å². The zero-order valence-electron chi connectivity index (χ0n) is 10.1. The fourth-order valence-corrected chi connectivity index (χ4v) is 2.12. The molecule has 2 aromatic rings. The second-order valence-electron chi connectivity index (χ2n) is 4.13. The molecule has 1 unspecified atom stereocenters. The summed E-state index contributed by atoms with van der Waals surface area (Å²) in [6, 6.07) is 7.57. The SMILES string of the molecule is CC(Nc1c(F)cccc1F)c1ccc(Br)cc1F. The molecule has 0 aliphatic rings. The van der Waals surface area contributed by atoms with Crippen LogP contribution in [0.3, 0.4) is 0 Å².